The molecule has 2 rings (SSSR count). The summed E-state index contributed by atoms with van der Waals surface area (Å²) in [6.45, 7) is 0. The minimum Gasteiger partial charge on any atom is -0.374 e. The Bertz CT molecular complexity index is 247. The van der Waals surface area contributed by atoms with Gasteiger partial charge in [-0.15, -0.1) is 0 Å². The molecule has 1 aliphatic rings. The monoisotopic (exact) mass is 180 g/mol. The zero-order chi connectivity index (χ0) is 8.39. The van der Waals surface area contributed by atoms with Gasteiger partial charge in [-0.25, -0.2) is 0 Å². The molecule has 0 spiro atoms. The van der Waals surface area contributed by atoms with E-state index in [1.165, 1.54) is 12.0 Å². The topological polar surface area (TPSA) is 20.2 Å². The van der Waals surface area contributed by atoms with Gasteiger partial charge in [-0.3, -0.25) is 0 Å². The molecule has 0 radical (unpaired) electrons. The van der Waals surface area contributed by atoms with Crippen molar-refractivity contribution in [1.82, 2.24) is 0 Å². The molecule has 0 bridgehead atoms. The van der Waals surface area contributed by atoms with Gasteiger partial charge in [0.15, 0.2) is 0 Å². The lowest BCUT2D eigenvalue weighted by molar-refractivity contribution is 0.629. The summed E-state index contributed by atoms with van der Waals surface area (Å²) in [4.78, 5) is 9.43. The molecule has 12 heavy (non-hydrogen) atoms. The van der Waals surface area contributed by atoms with E-state index in [2.05, 4.69) is 24.3 Å². The predicted octanol–water partition coefficient (Wildman–Crippen LogP) is 2.56. The Morgan fingerprint density at radius 2 is 2.00 bits per heavy atom. The van der Waals surface area contributed by atoms with Gasteiger partial charge in [0.25, 0.3) is 0 Å². The highest BCUT2D eigenvalue weighted by Crippen LogP contribution is 2.46. The van der Waals surface area contributed by atoms with Gasteiger partial charge < -0.3 is 4.89 Å². The van der Waals surface area contributed by atoms with Crippen LogP contribution in [-0.2, 0) is 0 Å². The summed E-state index contributed by atoms with van der Waals surface area (Å²) in [5, 5.41) is 0. The third-order valence-corrected chi connectivity index (χ3v) is 4.07. The maximum absolute atomic E-state index is 9.43. The van der Waals surface area contributed by atoms with Crippen LogP contribution in [0, 0.1) is 0 Å². The zero-order valence-corrected chi connectivity index (χ0v) is 7.87. The molecule has 1 nitrogen and oxygen atoms in total. The Labute approximate surface area is 74.3 Å². The summed E-state index contributed by atoms with van der Waals surface area (Å²) in [6.07, 6.45) is 3.22. The molecule has 1 aromatic rings. The number of rotatable bonds is 1. The fraction of sp³-hybridized carbons (Fsp3) is 0.400. The fourth-order valence-electron chi connectivity index (χ4n) is 1.74. The third kappa shape index (κ3) is 1.68. The van der Waals surface area contributed by atoms with Crippen molar-refractivity contribution >= 4 is 8.15 Å². The van der Waals surface area contributed by atoms with E-state index >= 15 is 0 Å². The highest BCUT2D eigenvalue weighted by atomic mass is 31.1. The molecule has 1 heterocycles. The molecular weight excluding hydrogens is 167 g/mol. The average molecular weight is 180 g/mol. The molecule has 0 aliphatic carbocycles. The van der Waals surface area contributed by atoms with E-state index in [1.807, 2.05) is 6.07 Å². The van der Waals surface area contributed by atoms with Gasteiger partial charge in [0.2, 0.25) is 0 Å². The highest BCUT2D eigenvalue weighted by molar-refractivity contribution is 7.51. The van der Waals surface area contributed by atoms with E-state index in [0.717, 1.165) is 12.3 Å². The lowest BCUT2D eigenvalue weighted by Gasteiger charge is -2.07. The van der Waals surface area contributed by atoms with Crippen molar-refractivity contribution in [3.63, 3.8) is 0 Å². The molecule has 1 fully saturated rings. The summed E-state index contributed by atoms with van der Waals surface area (Å²) in [7, 11) is -0.628. The van der Waals surface area contributed by atoms with Gasteiger partial charge >= 0.3 is 0 Å². The molecule has 0 aromatic heterocycles. The van der Waals surface area contributed by atoms with Crippen LogP contribution in [-0.4, -0.2) is 17.2 Å². The first-order valence-electron chi connectivity index (χ1n) is 4.35. The molecule has 2 heteroatoms. The van der Waals surface area contributed by atoms with Crippen molar-refractivity contribution in [2.75, 3.05) is 12.3 Å². The average Bonchev–Trinajstić information content (AvgIpc) is 2.54. The van der Waals surface area contributed by atoms with Crippen LogP contribution in [0.25, 0.3) is 0 Å². The molecule has 1 saturated heterocycles. The first-order valence-corrected chi connectivity index (χ1v) is 6.01. The van der Waals surface area contributed by atoms with Crippen LogP contribution in [0.2, 0.25) is 0 Å². The number of benzene rings is 1. The maximum Gasteiger partial charge on any atom is 0.0257 e. The van der Waals surface area contributed by atoms with E-state index in [-0.39, 0.29) is 0 Å². The Hall–Kier alpha value is -0.390. The van der Waals surface area contributed by atoms with Gasteiger partial charge in [-0.2, -0.15) is 0 Å². The largest absolute Gasteiger partial charge is 0.374 e. The summed E-state index contributed by atoms with van der Waals surface area (Å²) in [5.74, 6) is 0.627. The maximum atomic E-state index is 9.43. The van der Waals surface area contributed by atoms with E-state index in [0.29, 0.717) is 5.92 Å². The molecule has 1 aromatic carbocycles. The second-order valence-corrected chi connectivity index (χ2v) is 5.13. The van der Waals surface area contributed by atoms with Gasteiger partial charge in [-0.05, 0) is 30.2 Å². The van der Waals surface area contributed by atoms with E-state index in [9.17, 15) is 4.89 Å². The first-order chi connectivity index (χ1) is 5.86. The number of hydrogen-bond acceptors (Lipinski definition) is 1. The quantitative estimate of drug-likeness (QED) is 0.658. The summed E-state index contributed by atoms with van der Waals surface area (Å²) in [6, 6.07) is 10.5. The highest BCUT2D eigenvalue weighted by Gasteiger charge is 2.23. The molecule has 2 atom stereocenters. The summed E-state index contributed by atoms with van der Waals surface area (Å²) < 4.78 is 0. The van der Waals surface area contributed by atoms with Crippen LogP contribution >= 0.6 is 8.15 Å². The molecular formula is C10H13OP. The van der Waals surface area contributed by atoms with Crippen molar-refractivity contribution in [3.05, 3.63) is 35.9 Å². The van der Waals surface area contributed by atoms with Crippen LogP contribution in [0.3, 0.4) is 0 Å². The fourth-order valence-corrected chi connectivity index (χ4v) is 3.43. The Kier molecular flexibility index (Phi) is 2.43. The first kappa shape index (κ1) is 8.22. The lowest BCUT2D eigenvalue weighted by Crippen LogP contribution is -1.94. The standard InChI is InChI=1S/C10H13OP/c11-12-7-6-10(8-12)9-4-2-1-3-5-9/h1-5,10-11H,6-8H2. The Balaban J connectivity index is 2.11. The lowest BCUT2D eigenvalue weighted by atomic mass is 9.99. The summed E-state index contributed by atoms with van der Waals surface area (Å²) in [5.41, 5.74) is 1.40. The minimum atomic E-state index is -0.628. The predicted molar refractivity (Wildman–Crippen MR) is 52.7 cm³/mol. The van der Waals surface area contributed by atoms with Crippen molar-refractivity contribution in [2.45, 2.75) is 12.3 Å². The van der Waals surface area contributed by atoms with Crippen LogP contribution in [0.5, 0.6) is 0 Å². The molecule has 2 unspecified atom stereocenters. The van der Waals surface area contributed by atoms with E-state index < -0.39 is 8.15 Å². The molecule has 1 aliphatic heterocycles. The minimum absolute atomic E-state index is 0.627. The van der Waals surface area contributed by atoms with Crippen LogP contribution < -0.4 is 0 Å². The normalized spacial score (nSPS) is 29.1. The van der Waals surface area contributed by atoms with Gasteiger partial charge in [0.1, 0.15) is 0 Å². The Morgan fingerprint density at radius 3 is 2.58 bits per heavy atom. The SMILES string of the molecule is OP1CCC(c2ccccc2)C1. The Morgan fingerprint density at radius 1 is 1.25 bits per heavy atom. The second-order valence-electron chi connectivity index (χ2n) is 3.31. The smallest absolute Gasteiger partial charge is 0.0257 e. The third-order valence-electron chi connectivity index (χ3n) is 2.44. The second kappa shape index (κ2) is 3.55. The van der Waals surface area contributed by atoms with Crippen molar-refractivity contribution < 1.29 is 4.89 Å². The van der Waals surface area contributed by atoms with Gasteiger partial charge in [-0.1, -0.05) is 30.3 Å². The number of hydrogen-bond donors (Lipinski definition) is 1. The van der Waals surface area contributed by atoms with Crippen LogP contribution in [0.4, 0.5) is 0 Å². The molecule has 1 N–H and O–H groups in total. The van der Waals surface area contributed by atoms with Gasteiger partial charge in [0, 0.05) is 8.15 Å². The van der Waals surface area contributed by atoms with Crippen LogP contribution in [0.15, 0.2) is 30.3 Å². The zero-order valence-electron chi connectivity index (χ0n) is 6.98. The van der Waals surface area contributed by atoms with E-state index in [1.54, 1.807) is 0 Å². The van der Waals surface area contributed by atoms with Crippen molar-refractivity contribution in [1.29, 1.82) is 0 Å². The van der Waals surface area contributed by atoms with Crippen LogP contribution in [0.1, 0.15) is 17.9 Å². The molecule has 64 valence electrons. The molecule has 0 saturated carbocycles. The van der Waals surface area contributed by atoms with Crippen molar-refractivity contribution in [3.8, 4) is 0 Å². The molecule has 0 amide bonds. The van der Waals surface area contributed by atoms with E-state index in [4.69, 9.17) is 0 Å². The summed E-state index contributed by atoms with van der Waals surface area (Å²) >= 11 is 0. The van der Waals surface area contributed by atoms with Crippen molar-refractivity contribution in [2.24, 2.45) is 0 Å². The van der Waals surface area contributed by atoms with Gasteiger partial charge in [0.05, 0.1) is 0 Å².